The van der Waals surface area contributed by atoms with E-state index in [1.807, 2.05) is 6.20 Å². The van der Waals surface area contributed by atoms with Gasteiger partial charge < -0.3 is 10.4 Å². The smallest absolute Gasteiger partial charge is 0.227 e. The minimum Gasteiger partial charge on any atom is -0.383 e. The molecule has 2 aromatic heterocycles. The van der Waals surface area contributed by atoms with Crippen molar-refractivity contribution in [3.05, 3.63) is 53.4 Å². The third-order valence-electron chi connectivity index (χ3n) is 4.27. The molecule has 122 valence electrons. The molecule has 5 nitrogen and oxygen atoms in total. The number of aliphatic hydroxyl groups is 1. The highest BCUT2D eigenvalue weighted by Crippen LogP contribution is 2.44. The summed E-state index contributed by atoms with van der Waals surface area (Å²) >= 11 is 1.57. The highest BCUT2D eigenvalue weighted by atomic mass is 32.1. The fraction of sp³-hybridized carbons (Fsp3) is 0.278. The van der Waals surface area contributed by atoms with E-state index in [9.17, 15) is 5.11 Å². The Morgan fingerprint density at radius 3 is 2.62 bits per heavy atom. The maximum atomic E-state index is 10.5. The van der Waals surface area contributed by atoms with Gasteiger partial charge in [0.1, 0.15) is 10.6 Å². The lowest BCUT2D eigenvalue weighted by Gasteiger charge is -2.34. The lowest BCUT2D eigenvalue weighted by atomic mass is 9.81. The van der Waals surface area contributed by atoms with Crippen molar-refractivity contribution in [2.75, 3.05) is 5.32 Å². The molecule has 6 heteroatoms. The van der Waals surface area contributed by atoms with Crippen LogP contribution in [0.3, 0.4) is 0 Å². The Bertz CT molecular complexity index is 858. The number of hydrogen-bond donors (Lipinski definition) is 2. The summed E-state index contributed by atoms with van der Waals surface area (Å²) in [4.78, 5) is 13.9. The average Bonchev–Trinajstić information content (AvgIpc) is 3.03. The predicted octanol–water partition coefficient (Wildman–Crippen LogP) is 4.02. The van der Waals surface area contributed by atoms with Gasteiger partial charge in [0, 0.05) is 24.3 Å². The van der Waals surface area contributed by atoms with E-state index in [1.54, 1.807) is 29.8 Å². The number of aromatic nitrogens is 3. The number of thiazole rings is 1. The molecule has 1 fully saturated rings. The van der Waals surface area contributed by atoms with E-state index >= 15 is 0 Å². The molecule has 1 saturated carbocycles. The van der Waals surface area contributed by atoms with Crippen molar-refractivity contribution in [3.8, 4) is 10.4 Å². The van der Waals surface area contributed by atoms with Gasteiger partial charge >= 0.3 is 0 Å². The molecule has 1 aliphatic carbocycles. The average molecular weight is 338 g/mol. The van der Waals surface area contributed by atoms with Crippen molar-refractivity contribution in [3.63, 3.8) is 0 Å². The zero-order valence-corrected chi connectivity index (χ0v) is 14.2. The summed E-state index contributed by atoms with van der Waals surface area (Å²) in [7, 11) is 0. The topological polar surface area (TPSA) is 70.9 Å². The maximum absolute atomic E-state index is 10.5. The zero-order chi connectivity index (χ0) is 16.6. The van der Waals surface area contributed by atoms with Gasteiger partial charge in [0.2, 0.25) is 5.95 Å². The van der Waals surface area contributed by atoms with Crippen molar-refractivity contribution in [2.24, 2.45) is 0 Å². The van der Waals surface area contributed by atoms with Crippen molar-refractivity contribution in [1.29, 1.82) is 0 Å². The van der Waals surface area contributed by atoms with Crippen molar-refractivity contribution in [1.82, 2.24) is 15.0 Å². The first kappa shape index (κ1) is 15.2. The monoisotopic (exact) mass is 338 g/mol. The van der Waals surface area contributed by atoms with Crippen LogP contribution in [0.2, 0.25) is 0 Å². The van der Waals surface area contributed by atoms with Crippen LogP contribution >= 0.6 is 11.3 Å². The van der Waals surface area contributed by atoms with Crippen LogP contribution in [0.25, 0.3) is 10.4 Å². The first-order valence-corrected chi connectivity index (χ1v) is 8.79. The Morgan fingerprint density at radius 1 is 1.12 bits per heavy atom. The fourth-order valence-corrected chi connectivity index (χ4v) is 3.89. The van der Waals surface area contributed by atoms with Gasteiger partial charge in [-0.05, 0) is 55.5 Å². The van der Waals surface area contributed by atoms with Gasteiger partial charge in [-0.25, -0.2) is 15.0 Å². The van der Waals surface area contributed by atoms with Crippen molar-refractivity contribution >= 4 is 23.0 Å². The third kappa shape index (κ3) is 2.90. The van der Waals surface area contributed by atoms with Crippen LogP contribution in [0.4, 0.5) is 11.6 Å². The zero-order valence-electron chi connectivity index (χ0n) is 13.4. The van der Waals surface area contributed by atoms with Gasteiger partial charge in [0.05, 0.1) is 4.88 Å². The van der Waals surface area contributed by atoms with E-state index in [0.29, 0.717) is 5.95 Å². The molecule has 0 unspecified atom stereocenters. The predicted molar refractivity (Wildman–Crippen MR) is 95.3 cm³/mol. The second-order valence-corrected chi connectivity index (χ2v) is 7.23. The second kappa shape index (κ2) is 5.96. The van der Waals surface area contributed by atoms with E-state index in [1.165, 1.54) is 0 Å². The van der Waals surface area contributed by atoms with Crippen LogP contribution in [0.1, 0.15) is 29.8 Å². The van der Waals surface area contributed by atoms with E-state index < -0.39 is 5.60 Å². The third-order valence-corrected chi connectivity index (χ3v) is 5.51. The number of hydrogen-bond acceptors (Lipinski definition) is 6. The van der Waals surface area contributed by atoms with Gasteiger partial charge in [-0.3, -0.25) is 0 Å². The molecule has 1 aromatic carbocycles. The van der Waals surface area contributed by atoms with Crippen molar-refractivity contribution in [2.45, 2.75) is 31.8 Å². The molecule has 2 heterocycles. The Balaban J connectivity index is 1.64. The van der Waals surface area contributed by atoms with Crippen LogP contribution in [-0.4, -0.2) is 20.1 Å². The molecular formula is C18H18N4OS. The Kier molecular flexibility index (Phi) is 3.78. The molecule has 0 atom stereocenters. The first-order chi connectivity index (χ1) is 11.6. The van der Waals surface area contributed by atoms with Crippen molar-refractivity contribution < 1.29 is 5.11 Å². The van der Waals surface area contributed by atoms with Crippen LogP contribution in [-0.2, 0) is 5.60 Å². The largest absolute Gasteiger partial charge is 0.383 e. The fourth-order valence-electron chi connectivity index (χ4n) is 2.84. The quantitative estimate of drug-likeness (QED) is 0.752. The molecule has 0 spiro atoms. The summed E-state index contributed by atoms with van der Waals surface area (Å²) in [5.74, 6) is 0.572. The Hall–Kier alpha value is -2.31. The summed E-state index contributed by atoms with van der Waals surface area (Å²) in [6.07, 6.45) is 7.97. The SMILES string of the molecule is Cc1cc(Nc2ncccn2)cc(-c2cnc(C3(O)CCC3)s2)c1. The summed E-state index contributed by atoms with van der Waals surface area (Å²) in [6.45, 7) is 2.06. The number of nitrogens with zero attached hydrogens (tertiary/aromatic N) is 3. The molecule has 3 aromatic rings. The molecule has 2 N–H and O–H groups in total. The Labute approximate surface area is 144 Å². The second-order valence-electron chi connectivity index (χ2n) is 6.20. The molecule has 1 aliphatic rings. The maximum Gasteiger partial charge on any atom is 0.227 e. The van der Waals surface area contributed by atoms with Crippen LogP contribution < -0.4 is 5.32 Å². The Morgan fingerprint density at radius 2 is 1.92 bits per heavy atom. The molecule has 0 bridgehead atoms. The number of rotatable bonds is 4. The number of aryl methyl sites for hydroxylation is 1. The van der Waals surface area contributed by atoms with E-state index in [0.717, 1.165) is 46.0 Å². The van der Waals surface area contributed by atoms with Gasteiger partial charge in [0.15, 0.2) is 0 Å². The van der Waals surface area contributed by atoms with E-state index in [2.05, 4.69) is 45.4 Å². The highest BCUT2D eigenvalue weighted by Gasteiger charge is 2.39. The van der Waals surface area contributed by atoms with Gasteiger partial charge in [0.25, 0.3) is 0 Å². The summed E-state index contributed by atoms with van der Waals surface area (Å²) < 4.78 is 0. The van der Waals surface area contributed by atoms with Crippen LogP contribution in [0, 0.1) is 6.92 Å². The van der Waals surface area contributed by atoms with Gasteiger partial charge in [-0.1, -0.05) is 6.07 Å². The lowest BCUT2D eigenvalue weighted by molar-refractivity contribution is -0.0389. The minimum atomic E-state index is -0.703. The molecule has 4 rings (SSSR count). The van der Waals surface area contributed by atoms with Gasteiger partial charge in [-0.15, -0.1) is 11.3 Å². The summed E-state index contributed by atoms with van der Waals surface area (Å²) in [5, 5.41) is 14.5. The standard InChI is InChI=1S/C18H18N4OS/c1-12-8-13(10-14(9-12)22-17-19-6-3-7-20-17)15-11-21-16(24-15)18(23)4-2-5-18/h3,6-11,23H,2,4-5H2,1H3,(H,19,20,22). The number of benzene rings is 1. The minimum absolute atomic E-state index is 0.572. The van der Waals surface area contributed by atoms with Crippen LogP contribution in [0.15, 0.2) is 42.9 Å². The first-order valence-electron chi connectivity index (χ1n) is 7.97. The van der Waals surface area contributed by atoms with Crippen LogP contribution in [0.5, 0.6) is 0 Å². The molecule has 0 amide bonds. The lowest BCUT2D eigenvalue weighted by Crippen LogP contribution is -2.33. The highest BCUT2D eigenvalue weighted by molar-refractivity contribution is 7.15. The summed E-state index contributed by atoms with van der Waals surface area (Å²) in [6, 6.07) is 8.03. The molecular weight excluding hydrogens is 320 g/mol. The number of nitrogens with one attached hydrogen (secondary N) is 1. The van der Waals surface area contributed by atoms with E-state index in [4.69, 9.17) is 0 Å². The normalized spacial score (nSPS) is 15.8. The molecule has 0 radical (unpaired) electrons. The molecule has 24 heavy (non-hydrogen) atoms. The summed E-state index contributed by atoms with van der Waals surface area (Å²) in [5.41, 5.74) is 2.46. The van der Waals surface area contributed by atoms with E-state index in [-0.39, 0.29) is 0 Å². The molecule has 0 saturated heterocycles. The van der Waals surface area contributed by atoms with Gasteiger partial charge in [-0.2, -0.15) is 0 Å². The molecule has 0 aliphatic heterocycles. The number of anilines is 2.